The fourth-order valence-corrected chi connectivity index (χ4v) is 4.93. The Balaban J connectivity index is 1.63. The zero-order chi connectivity index (χ0) is 19.7. The zero-order valence-electron chi connectivity index (χ0n) is 16.5. The van der Waals surface area contributed by atoms with E-state index in [1.54, 1.807) is 29.2 Å². The summed E-state index contributed by atoms with van der Waals surface area (Å²) in [5.74, 6) is -0.134. The standard InChI is InChI=1S/C21H28ClN3O3/c1-23-10-12-24(13-11-23)20(27)18-15-28-21(8-3-2-4-9-21)25(18)19(26)16-6-5-7-17(22)14-16/h5-7,14,18H,2-4,8-13,15H2,1H3/p+1/t18-/m0/s1. The van der Waals surface area contributed by atoms with Crippen molar-refractivity contribution in [1.82, 2.24) is 9.80 Å². The van der Waals surface area contributed by atoms with Crippen LogP contribution in [0.3, 0.4) is 0 Å². The smallest absolute Gasteiger partial charge is 0.256 e. The van der Waals surface area contributed by atoms with Gasteiger partial charge in [-0.15, -0.1) is 0 Å². The summed E-state index contributed by atoms with van der Waals surface area (Å²) in [6, 6.07) is 6.43. The van der Waals surface area contributed by atoms with Crippen LogP contribution in [-0.4, -0.2) is 73.2 Å². The summed E-state index contributed by atoms with van der Waals surface area (Å²) in [5, 5.41) is 0.522. The molecule has 1 aliphatic carbocycles. The lowest BCUT2D eigenvalue weighted by molar-refractivity contribution is -0.883. The molecule has 1 aromatic carbocycles. The molecule has 7 heteroatoms. The van der Waals surface area contributed by atoms with Crippen molar-refractivity contribution in [3.8, 4) is 0 Å². The first-order chi connectivity index (χ1) is 13.5. The number of amides is 2. The Morgan fingerprint density at radius 2 is 1.89 bits per heavy atom. The molecule has 4 rings (SSSR count). The first kappa shape index (κ1) is 19.7. The number of piperazine rings is 1. The molecule has 28 heavy (non-hydrogen) atoms. The molecule has 1 saturated carbocycles. The Labute approximate surface area is 171 Å². The molecule has 1 atom stereocenters. The molecule has 0 bridgehead atoms. The number of quaternary nitrogens is 1. The van der Waals surface area contributed by atoms with Gasteiger partial charge in [-0.25, -0.2) is 0 Å². The van der Waals surface area contributed by atoms with Crippen molar-refractivity contribution in [2.45, 2.75) is 43.9 Å². The van der Waals surface area contributed by atoms with E-state index in [0.717, 1.165) is 58.3 Å². The number of likely N-dealkylation sites (N-methyl/N-ethyl adjacent to an activating group) is 1. The van der Waals surface area contributed by atoms with Crippen LogP contribution in [0.15, 0.2) is 24.3 Å². The molecule has 0 radical (unpaired) electrons. The largest absolute Gasteiger partial charge is 0.353 e. The van der Waals surface area contributed by atoms with E-state index in [9.17, 15) is 9.59 Å². The van der Waals surface area contributed by atoms with Gasteiger partial charge < -0.3 is 14.5 Å². The van der Waals surface area contributed by atoms with Crippen molar-refractivity contribution in [2.24, 2.45) is 0 Å². The van der Waals surface area contributed by atoms with Crippen LogP contribution < -0.4 is 4.90 Å². The highest BCUT2D eigenvalue weighted by Crippen LogP contribution is 2.41. The van der Waals surface area contributed by atoms with Gasteiger partial charge in [0, 0.05) is 10.6 Å². The number of nitrogens with one attached hydrogen (secondary N) is 1. The molecule has 2 saturated heterocycles. The van der Waals surface area contributed by atoms with Gasteiger partial charge in [0.1, 0.15) is 11.8 Å². The Bertz CT molecular complexity index is 742. The van der Waals surface area contributed by atoms with Gasteiger partial charge in [0.25, 0.3) is 5.91 Å². The number of halogens is 1. The van der Waals surface area contributed by atoms with Crippen molar-refractivity contribution >= 4 is 23.4 Å². The van der Waals surface area contributed by atoms with Gasteiger partial charge >= 0.3 is 0 Å². The van der Waals surface area contributed by atoms with Crippen LogP contribution in [0, 0.1) is 0 Å². The highest BCUT2D eigenvalue weighted by Gasteiger charge is 2.53. The van der Waals surface area contributed by atoms with E-state index in [2.05, 4.69) is 7.05 Å². The molecule has 2 aliphatic heterocycles. The molecule has 3 fully saturated rings. The molecule has 1 N–H and O–H groups in total. The molecule has 0 unspecified atom stereocenters. The molecule has 3 aliphatic rings. The van der Waals surface area contributed by atoms with Gasteiger partial charge in [-0.05, 0) is 43.9 Å². The average molecular weight is 407 g/mol. The summed E-state index contributed by atoms with van der Waals surface area (Å²) in [6.07, 6.45) is 4.74. The number of rotatable bonds is 2. The van der Waals surface area contributed by atoms with Crippen LogP contribution in [0.25, 0.3) is 0 Å². The van der Waals surface area contributed by atoms with Crippen LogP contribution in [0.5, 0.6) is 0 Å². The number of carbonyl (C=O) groups excluding carboxylic acids is 2. The Hall–Kier alpha value is -1.63. The van der Waals surface area contributed by atoms with Gasteiger partial charge in [0.15, 0.2) is 0 Å². The number of nitrogens with zero attached hydrogens (tertiary/aromatic N) is 2. The Morgan fingerprint density at radius 3 is 2.57 bits per heavy atom. The van der Waals surface area contributed by atoms with Gasteiger partial charge in [-0.1, -0.05) is 24.1 Å². The summed E-state index contributed by atoms with van der Waals surface area (Å²) in [6.45, 7) is 3.62. The lowest BCUT2D eigenvalue weighted by Crippen LogP contribution is -3.12. The van der Waals surface area contributed by atoms with Gasteiger partial charge in [-0.3, -0.25) is 14.5 Å². The maximum Gasteiger partial charge on any atom is 0.256 e. The lowest BCUT2D eigenvalue weighted by Gasteiger charge is -2.42. The molecular formula is C21H29ClN3O3+. The van der Waals surface area contributed by atoms with Gasteiger partial charge in [-0.2, -0.15) is 0 Å². The summed E-state index contributed by atoms with van der Waals surface area (Å²) in [5.41, 5.74) is -0.140. The molecule has 6 nitrogen and oxygen atoms in total. The predicted octanol–water partition coefficient (Wildman–Crippen LogP) is 1.20. The molecule has 152 valence electrons. The van der Waals surface area contributed by atoms with Crippen LogP contribution in [-0.2, 0) is 9.53 Å². The first-order valence-corrected chi connectivity index (χ1v) is 10.7. The maximum atomic E-state index is 13.5. The predicted molar refractivity (Wildman–Crippen MR) is 106 cm³/mol. The lowest BCUT2D eigenvalue weighted by atomic mass is 9.89. The van der Waals surface area contributed by atoms with Crippen molar-refractivity contribution in [1.29, 1.82) is 0 Å². The minimum absolute atomic E-state index is 0.0188. The zero-order valence-corrected chi connectivity index (χ0v) is 17.2. The van der Waals surface area contributed by atoms with Crippen molar-refractivity contribution in [3.05, 3.63) is 34.9 Å². The monoisotopic (exact) mass is 406 g/mol. The van der Waals surface area contributed by atoms with Crippen molar-refractivity contribution < 1.29 is 19.2 Å². The summed E-state index contributed by atoms with van der Waals surface area (Å²) in [7, 11) is 2.15. The highest BCUT2D eigenvalue weighted by molar-refractivity contribution is 6.31. The van der Waals surface area contributed by atoms with Crippen molar-refractivity contribution in [3.63, 3.8) is 0 Å². The third-order valence-corrected chi connectivity index (χ3v) is 6.63. The number of hydrogen-bond acceptors (Lipinski definition) is 3. The van der Waals surface area contributed by atoms with Gasteiger partial charge in [0.05, 0.1) is 39.8 Å². The molecule has 1 spiro atoms. The third-order valence-electron chi connectivity index (χ3n) is 6.40. The van der Waals surface area contributed by atoms with E-state index in [1.165, 1.54) is 4.90 Å². The molecule has 1 aromatic rings. The molecule has 0 aromatic heterocycles. The molecule has 2 amide bonds. The van der Waals surface area contributed by atoms with Crippen LogP contribution in [0.2, 0.25) is 5.02 Å². The summed E-state index contributed by atoms with van der Waals surface area (Å²) < 4.78 is 6.23. The second-order valence-electron chi connectivity index (χ2n) is 8.30. The summed E-state index contributed by atoms with van der Waals surface area (Å²) in [4.78, 5) is 32.0. The molecular weight excluding hydrogens is 378 g/mol. The Morgan fingerprint density at radius 1 is 1.18 bits per heavy atom. The highest BCUT2D eigenvalue weighted by atomic mass is 35.5. The fraction of sp³-hybridized carbons (Fsp3) is 0.619. The SMILES string of the molecule is C[NH+]1CCN(C(=O)[C@@H]2COC3(CCCCC3)N2C(=O)c2cccc(Cl)c2)CC1. The second kappa shape index (κ2) is 8.01. The molecule has 2 heterocycles. The number of benzene rings is 1. The second-order valence-corrected chi connectivity index (χ2v) is 8.74. The van der Waals surface area contributed by atoms with E-state index in [0.29, 0.717) is 10.6 Å². The van der Waals surface area contributed by atoms with Crippen molar-refractivity contribution in [2.75, 3.05) is 39.8 Å². The average Bonchev–Trinajstić information content (AvgIpc) is 3.06. The quantitative estimate of drug-likeness (QED) is 0.803. The number of hydrogen-bond donors (Lipinski definition) is 1. The summed E-state index contributed by atoms with van der Waals surface area (Å²) >= 11 is 6.13. The van der Waals surface area contributed by atoms with Gasteiger partial charge in [0.2, 0.25) is 5.91 Å². The van der Waals surface area contributed by atoms with Crippen LogP contribution in [0.4, 0.5) is 0 Å². The normalized spacial score (nSPS) is 25.3. The van der Waals surface area contributed by atoms with E-state index in [-0.39, 0.29) is 18.4 Å². The maximum absolute atomic E-state index is 13.5. The third kappa shape index (κ3) is 3.65. The minimum Gasteiger partial charge on any atom is -0.353 e. The van der Waals surface area contributed by atoms with E-state index in [4.69, 9.17) is 16.3 Å². The van der Waals surface area contributed by atoms with Crippen LogP contribution >= 0.6 is 11.6 Å². The topological polar surface area (TPSA) is 54.3 Å². The number of ether oxygens (including phenoxy) is 1. The number of carbonyl (C=O) groups is 2. The Kier molecular flexibility index (Phi) is 5.63. The van der Waals surface area contributed by atoms with E-state index in [1.807, 2.05) is 4.90 Å². The van der Waals surface area contributed by atoms with Crippen LogP contribution in [0.1, 0.15) is 42.5 Å². The first-order valence-electron chi connectivity index (χ1n) is 10.3. The van der Waals surface area contributed by atoms with E-state index >= 15 is 0 Å². The fourth-order valence-electron chi connectivity index (χ4n) is 4.74. The minimum atomic E-state index is -0.657. The van der Waals surface area contributed by atoms with E-state index < -0.39 is 11.8 Å².